The van der Waals surface area contributed by atoms with Crippen LogP contribution in [0.3, 0.4) is 0 Å². The Morgan fingerprint density at radius 3 is 2.40 bits per heavy atom. The van der Waals surface area contributed by atoms with E-state index in [0.29, 0.717) is 23.8 Å². The molecule has 12 heteroatoms. The summed E-state index contributed by atoms with van der Waals surface area (Å²) in [5.74, 6) is -1.66. The lowest BCUT2D eigenvalue weighted by atomic mass is 10.1. The number of pyridine rings is 1. The minimum Gasteiger partial charge on any atom is -0.456 e. The molecule has 0 atom stereocenters. The summed E-state index contributed by atoms with van der Waals surface area (Å²) in [6, 6.07) is 0.644. The van der Waals surface area contributed by atoms with Gasteiger partial charge in [-0.05, 0) is 38.2 Å². The molecule has 0 saturated carbocycles. The number of esters is 1. The molecule has 162 valence electrons. The number of carbonyl (C=O) groups excluding carboxylic acids is 2. The first kappa shape index (κ1) is 23.9. The van der Waals surface area contributed by atoms with Gasteiger partial charge in [0.1, 0.15) is 0 Å². The topological polar surface area (TPSA) is 94.1 Å². The van der Waals surface area contributed by atoms with Gasteiger partial charge in [-0.25, -0.2) is 15.0 Å². The Labute approximate surface area is 179 Å². The number of carbonyl (C=O) groups is 2. The van der Waals surface area contributed by atoms with Crippen molar-refractivity contribution < 1.29 is 27.5 Å². The third-order valence-corrected chi connectivity index (χ3v) is 4.79. The summed E-state index contributed by atoms with van der Waals surface area (Å²) in [5.41, 5.74) is 1.31. The van der Waals surface area contributed by atoms with E-state index >= 15 is 0 Å². The molecule has 0 spiro atoms. The SMILES string of the molecule is CSc1nc(C)c(CCC(=O)OCC(=O)Nc2ncc(C(F)(F)F)cc2Cl)c(C)n1. The molecule has 0 unspecified atom stereocenters. The highest BCUT2D eigenvalue weighted by Gasteiger charge is 2.31. The summed E-state index contributed by atoms with van der Waals surface area (Å²) in [6.07, 6.45) is -1.84. The van der Waals surface area contributed by atoms with Crippen LogP contribution in [0.4, 0.5) is 19.0 Å². The molecule has 30 heavy (non-hydrogen) atoms. The number of hydrogen-bond donors (Lipinski definition) is 1. The minimum atomic E-state index is -4.61. The number of alkyl halides is 3. The molecular weight excluding hydrogens is 445 g/mol. The summed E-state index contributed by atoms with van der Waals surface area (Å²) in [6.45, 7) is 3.02. The molecule has 2 rings (SSSR count). The largest absolute Gasteiger partial charge is 0.456 e. The van der Waals surface area contributed by atoms with Crippen molar-refractivity contribution in [2.45, 2.75) is 38.0 Å². The van der Waals surface area contributed by atoms with Crippen LogP contribution < -0.4 is 5.32 Å². The molecule has 2 aromatic rings. The summed E-state index contributed by atoms with van der Waals surface area (Å²) >= 11 is 7.13. The van der Waals surface area contributed by atoms with Crippen LogP contribution in [0.2, 0.25) is 5.02 Å². The summed E-state index contributed by atoms with van der Waals surface area (Å²) in [4.78, 5) is 35.9. The van der Waals surface area contributed by atoms with Gasteiger partial charge in [0.15, 0.2) is 17.6 Å². The maximum absolute atomic E-state index is 12.6. The fraction of sp³-hybridized carbons (Fsp3) is 0.389. The van der Waals surface area contributed by atoms with Gasteiger partial charge in [0, 0.05) is 24.0 Å². The minimum absolute atomic E-state index is 0.0101. The lowest BCUT2D eigenvalue weighted by Crippen LogP contribution is -2.22. The van der Waals surface area contributed by atoms with Crippen molar-refractivity contribution in [3.63, 3.8) is 0 Å². The third kappa shape index (κ3) is 6.56. The van der Waals surface area contributed by atoms with Crippen molar-refractivity contribution in [2.24, 2.45) is 0 Å². The number of amides is 1. The summed E-state index contributed by atoms with van der Waals surface area (Å²) < 4.78 is 42.7. The molecule has 0 aliphatic rings. The van der Waals surface area contributed by atoms with Crippen molar-refractivity contribution in [1.82, 2.24) is 15.0 Å². The van der Waals surface area contributed by atoms with Crippen LogP contribution >= 0.6 is 23.4 Å². The molecule has 0 aliphatic heterocycles. The first-order chi connectivity index (χ1) is 14.0. The highest BCUT2D eigenvalue weighted by atomic mass is 35.5. The highest BCUT2D eigenvalue weighted by molar-refractivity contribution is 7.98. The number of thioether (sulfide) groups is 1. The van der Waals surface area contributed by atoms with Crippen molar-refractivity contribution in [3.8, 4) is 0 Å². The second kappa shape index (κ2) is 10.1. The Morgan fingerprint density at radius 1 is 1.23 bits per heavy atom. The van der Waals surface area contributed by atoms with Crippen LogP contribution in [-0.2, 0) is 26.9 Å². The average molecular weight is 463 g/mol. The van der Waals surface area contributed by atoms with Crippen LogP contribution in [0.1, 0.15) is 28.9 Å². The number of anilines is 1. The Bertz CT molecular complexity index is 934. The van der Waals surface area contributed by atoms with Crippen LogP contribution in [0.15, 0.2) is 17.4 Å². The molecule has 0 radical (unpaired) electrons. The lowest BCUT2D eigenvalue weighted by molar-refractivity contribution is -0.147. The Hall–Kier alpha value is -2.40. The molecule has 0 saturated heterocycles. The van der Waals surface area contributed by atoms with Gasteiger partial charge in [-0.3, -0.25) is 9.59 Å². The third-order valence-electron chi connectivity index (χ3n) is 3.95. The second-order valence-corrected chi connectivity index (χ2v) is 7.30. The Kier molecular flexibility index (Phi) is 8.02. The predicted molar refractivity (Wildman–Crippen MR) is 105 cm³/mol. The zero-order chi connectivity index (χ0) is 22.5. The van der Waals surface area contributed by atoms with Gasteiger partial charge < -0.3 is 10.1 Å². The molecule has 0 aromatic carbocycles. The van der Waals surface area contributed by atoms with E-state index in [4.69, 9.17) is 16.3 Å². The second-order valence-electron chi connectivity index (χ2n) is 6.12. The zero-order valence-electron chi connectivity index (χ0n) is 16.3. The van der Waals surface area contributed by atoms with Gasteiger partial charge in [-0.2, -0.15) is 13.2 Å². The first-order valence-corrected chi connectivity index (χ1v) is 10.2. The van der Waals surface area contributed by atoms with E-state index in [-0.39, 0.29) is 17.3 Å². The standard InChI is InChI=1S/C18H18ClF3N4O3S/c1-9-12(10(2)25-17(24-9)30-3)4-5-15(28)29-8-14(27)26-16-13(19)6-11(7-23-16)18(20,21)22/h6-7H,4-5,8H2,1-3H3,(H,23,26,27). The summed E-state index contributed by atoms with van der Waals surface area (Å²) in [5, 5.41) is 2.46. The fourth-order valence-corrected chi connectivity index (χ4v) is 3.13. The molecule has 1 amide bonds. The molecule has 7 nitrogen and oxygen atoms in total. The van der Waals surface area contributed by atoms with Crippen molar-refractivity contribution in [1.29, 1.82) is 0 Å². The van der Waals surface area contributed by atoms with Crippen LogP contribution in [0.25, 0.3) is 0 Å². The van der Waals surface area contributed by atoms with Gasteiger partial charge in [-0.15, -0.1) is 0 Å². The van der Waals surface area contributed by atoms with E-state index in [0.717, 1.165) is 17.0 Å². The molecule has 0 bridgehead atoms. The van der Waals surface area contributed by atoms with Crippen molar-refractivity contribution in [2.75, 3.05) is 18.2 Å². The normalized spacial score (nSPS) is 11.3. The van der Waals surface area contributed by atoms with E-state index in [1.807, 2.05) is 20.1 Å². The van der Waals surface area contributed by atoms with Gasteiger partial charge in [0.2, 0.25) is 0 Å². The van der Waals surface area contributed by atoms with Crippen LogP contribution in [-0.4, -0.2) is 39.7 Å². The van der Waals surface area contributed by atoms with Gasteiger partial charge >= 0.3 is 12.1 Å². The van der Waals surface area contributed by atoms with Gasteiger partial charge in [0.25, 0.3) is 5.91 Å². The Morgan fingerprint density at radius 2 is 1.87 bits per heavy atom. The lowest BCUT2D eigenvalue weighted by Gasteiger charge is -2.11. The van der Waals surface area contributed by atoms with Crippen LogP contribution in [0, 0.1) is 13.8 Å². The maximum Gasteiger partial charge on any atom is 0.417 e. The molecule has 2 heterocycles. The molecule has 0 fully saturated rings. The predicted octanol–water partition coefficient (Wildman–Crippen LogP) is 4.00. The number of nitrogens with zero attached hydrogens (tertiary/aromatic N) is 3. The van der Waals surface area contributed by atoms with Crippen molar-refractivity contribution >= 4 is 41.1 Å². The first-order valence-electron chi connectivity index (χ1n) is 8.57. The van der Waals surface area contributed by atoms with E-state index in [1.54, 1.807) is 0 Å². The number of aromatic nitrogens is 3. The monoisotopic (exact) mass is 462 g/mol. The molecule has 0 aliphatic carbocycles. The number of rotatable bonds is 7. The van der Waals surface area contributed by atoms with E-state index in [9.17, 15) is 22.8 Å². The Balaban J connectivity index is 1.86. The number of ether oxygens (including phenoxy) is 1. The quantitative estimate of drug-likeness (QED) is 0.377. The summed E-state index contributed by atoms with van der Waals surface area (Å²) in [7, 11) is 0. The fourth-order valence-electron chi connectivity index (χ4n) is 2.46. The van der Waals surface area contributed by atoms with Gasteiger partial charge in [-0.1, -0.05) is 23.4 Å². The van der Waals surface area contributed by atoms with Crippen LogP contribution in [0.5, 0.6) is 0 Å². The maximum atomic E-state index is 12.6. The number of nitrogens with one attached hydrogen (secondary N) is 1. The highest BCUT2D eigenvalue weighted by Crippen LogP contribution is 2.32. The average Bonchev–Trinajstić information content (AvgIpc) is 2.66. The molecular formula is C18H18ClF3N4O3S. The number of aryl methyl sites for hydroxylation is 2. The van der Waals surface area contributed by atoms with E-state index in [2.05, 4.69) is 20.3 Å². The smallest absolute Gasteiger partial charge is 0.417 e. The van der Waals surface area contributed by atoms with Gasteiger partial charge in [0.05, 0.1) is 10.6 Å². The molecule has 2 aromatic heterocycles. The number of hydrogen-bond acceptors (Lipinski definition) is 7. The zero-order valence-corrected chi connectivity index (χ0v) is 17.8. The molecule has 1 N–H and O–H groups in total. The van der Waals surface area contributed by atoms with E-state index < -0.39 is 30.2 Å². The van der Waals surface area contributed by atoms with E-state index in [1.165, 1.54) is 11.8 Å². The van der Waals surface area contributed by atoms with Crippen molar-refractivity contribution in [3.05, 3.63) is 39.8 Å². The number of halogens is 4.